The fourth-order valence-electron chi connectivity index (χ4n) is 1.51. The molecule has 0 saturated heterocycles. The summed E-state index contributed by atoms with van der Waals surface area (Å²) in [5.41, 5.74) is 4.85. The van der Waals surface area contributed by atoms with E-state index in [9.17, 15) is 0 Å². The van der Waals surface area contributed by atoms with Gasteiger partial charge < -0.3 is 14.6 Å². The molecule has 0 aromatic heterocycles. The van der Waals surface area contributed by atoms with Gasteiger partial charge in [-0.1, -0.05) is 20.8 Å². The van der Waals surface area contributed by atoms with Crippen LogP contribution in [-0.2, 0) is 8.85 Å². The Bertz CT molecular complexity index is 126. The van der Waals surface area contributed by atoms with Crippen molar-refractivity contribution in [3.63, 3.8) is 0 Å². The van der Waals surface area contributed by atoms with Crippen molar-refractivity contribution in [2.75, 3.05) is 19.8 Å². The van der Waals surface area contributed by atoms with Crippen LogP contribution in [0.15, 0.2) is 0 Å². The van der Waals surface area contributed by atoms with Crippen molar-refractivity contribution >= 4 is 8.56 Å². The van der Waals surface area contributed by atoms with Crippen LogP contribution in [0.25, 0.3) is 0 Å². The molecule has 0 aromatic carbocycles. The second-order valence-electron chi connectivity index (χ2n) is 4.01. The van der Waals surface area contributed by atoms with Crippen LogP contribution in [0.2, 0.25) is 12.6 Å². The summed E-state index contributed by atoms with van der Waals surface area (Å²) in [6.07, 6.45) is 0. The Kier molecular flexibility index (Phi) is 12.4. The Morgan fingerprint density at radius 2 is 1.40 bits per heavy atom. The zero-order valence-corrected chi connectivity index (χ0v) is 12.3. The van der Waals surface area contributed by atoms with Gasteiger partial charge in [-0.2, -0.15) is 0 Å². The highest BCUT2D eigenvalue weighted by molar-refractivity contribution is 6.66. The molecule has 15 heavy (non-hydrogen) atoms. The highest BCUT2D eigenvalue weighted by Gasteiger charge is 2.31. The van der Waals surface area contributed by atoms with Gasteiger partial charge in [-0.3, -0.25) is 0 Å². The lowest BCUT2D eigenvalue weighted by Gasteiger charge is -2.27. The number of nitrogens with two attached hydrogens (primary N) is 1. The monoisotopic (exact) mass is 235 g/mol. The Balaban J connectivity index is 0. The number of rotatable bonds is 6. The van der Waals surface area contributed by atoms with Crippen LogP contribution in [0.5, 0.6) is 0 Å². The second kappa shape index (κ2) is 10.6. The highest BCUT2D eigenvalue weighted by Crippen LogP contribution is 2.19. The van der Waals surface area contributed by atoms with E-state index in [1.807, 2.05) is 20.8 Å². The maximum Gasteiger partial charge on any atom is 0.335 e. The maximum atomic E-state index is 5.70. The Labute approximate surface area is 96.6 Å². The molecule has 0 spiro atoms. The Hall–Kier alpha value is 0.0969. The molecule has 0 heterocycles. The van der Waals surface area contributed by atoms with Crippen molar-refractivity contribution in [3.05, 3.63) is 0 Å². The summed E-state index contributed by atoms with van der Waals surface area (Å²) in [7, 11) is -1.81. The SMILES string of the molecule is CCN.CCO[Si](C)(CC(C)C)OCC. The summed E-state index contributed by atoms with van der Waals surface area (Å²) in [6, 6.07) is 1.09. The number of hydrogen-bond acceptors (Lipinski definition) is 3. The summed E-state index contributed by atoms with van der Waals surface area (Å²) in [6.45, 7) is 14.8. The fourth-order valence-corrected chi connectivity index (χ4v) is 4.54. The standard InChI is InChI=1S/C9H22O2Si.C2H7N/c1-6-10-12(5,11-7-2)8-9(3)4;1-2-3/h9H,6-8H2,1-5H3;2-3H2,1H3. The largest absolute Gasteiger partial charge is 0.395 e. The van der Waals surface area contributed by atoms with Crippen molar-refractivity contribution in [1.82, 2.24) is 0 Å². The van der Waals surface area contributed by atoms with Crippen molar-refractivity contribution in [1.29, 1.82) is 0 Å². The van der Waals surface area contributed by atoms with Gasteiger partial charge in [-0.15, -0.1) is 0 Å². The first-order chi connectivity index (χ1) is 6.95. The first-order valence-electron chi connectivity index (χ1n) is 5.93. The van der Waals surface area contributed by atoms with Gasteiger partial charge >= 0.3 is 8.56 Å². The van der Waals surface area contributed by atoms with Gasteiger partial charge in [0, 0.05) is 13.2 Å². The van der Waals surface area contributed by atoms with Crippen LogP contribution in [-0.4, -0.2) is 28.3 Å². The van der Waals surface area contributed by atoms with E-state index < -0.39 is 8.56 Å². The van der Waals surface area contributed by atoms with E-state index in [-0.39, 0.29) is 0 Å². The van der Waals surface area contributed by atoms with Gasteiger partial charge in [0.05, 0.1) is 0 Å². The maximum absolute atomic E-state index is 5.70. The lowest BCUT2D eigenvalue weighted by atomic mass is 10.3. The van der Waals surface area contributed by atoms with Gasteiger partial charge in [-0.05, 0) is 38.9 Å². The van der Waals surface area contributed by atoms with Crippen molar-refractivity contribution in [2.45, 2.75) is 47.2 Å². The topological polar surface area (TPSA) is 44.5 Å². The van der Waals surface area contributed by atoms with Crippen molar-refractivity contribution in [2.24, 2.45) is 11.7 Å². The van der Waals surface area contributed by atoms with Crippen LogP contribution in [0.1, 0.15) is 34.6 Å². The molecule has 0 bridgehead atoms. The minimum absolute atomic E-state index is 0.666. The first-order valence-corrected chi connectivity index (χ1v) is 8.46. The summed E-state index contributed by atoms with van der Waals surface area (Å²) < 4.78 is 11.4. The van der Waals surface area contributed by atoms with Gasteiger partial charge in [0.15, 0.2) is 0 Å². The van der Waals surface area contributed by atoms with Gasteiger partial charge in [-0.25, -0.2) is 0 Å². The first kappa shape index (κ1) is 17.5. The van der Waals surface area contributed by atoms with Crippen LogP contribution in [0.3, 0.4) is 0 Å². The normalized spacial score (nSPS) is 11.2. The molecule has 0 rings (SSSR count). The molecule has 2 N–H and O–H groups in total. The molecule has 0 aromatic rings. The minimum Gasteiger partial charge on any atom is -0.395 e. The Morgan fingerprint density at radius 3 is 1.60 bits per heavy atom. The predicted molar refractivity (Wildman–Crippen MR) is 69.2 cm³/mol. The van der Waals surface area contributed by atoms with E-state index >= 15 is 0 Å². The second-order valence-corrected chi connectivity index (χ2v) is 7.26. The van der Waals surface area contributed by atoms with Crippen molar-refractivity contribution in [3.8, 4) is 0 Å². The molecule has 0 saturated carbocycles. The molecule has 0 radical (unpaired) electrons. The lowest BCUT2D eigenvalue weighted by Crippen LogP contribution is -2.39. The summed E-state index contributed by atoms with van der Waals surface area (Å²) >= 11 is 0. The molecule has 0 aliphatic rings. The van der Waals surface area contributed by atoms with E-state index in [1.165, 1.54) is 0 Å². The van der Waals surface area contributed by atoms with Crippen molar-refractivity contribution < 1.29 is 8.85 Å². The van der Waals surface area contributed by atoms with Crippen LogP contribution in [0.4, 0.5) is 0 Å². The molecular weight excluding hydrogens is 206 g/mol. The third-order valence-corrected chi connectivity index (χ3v) is 5.04. The lowest BCUT2D eigenvalue weighted by molar-refractivity contribution is 0.185. The van der Waals surface area contributed by atoms with E-state index in [2.05, 4.69) is 20.4 Å². The molecule has 4 heteroatoms. The fraction of sp³-hybridized carbons (Fsp3) is 1.00. The van der Waals surface area contributed by atoms with Crippen LogP contribution >= 0.6 is 0 Å². The average Bonchev–Trinajstić information content (AvgIpc) is 2.03. The molecular formula is C11H29NO2Si. The molecule has 3 nitrogen and oxygen atoms in total. The van der Waals surface area contributed by atoms with E-state index in [0.717, 1.165) is 25.8 Å². The average molecular weight is 235 g/mol. The zero-order chi connectivity index (χ0) is 12.3. The van der Waals surface area contributed by atoms with Gasteiger partial charge in [0.25, 0.3) is 0 Å². The summed E-state index contributed by atoms with van der Waals surface area (Å²) in [5.74, 6) is 0.666. The van der Waals surface area contributed by atoms with E-state index in [0.29, 0.717) is 5.92 Å². The van der Waals surface area contributed by atoms with Crippen LogP contribution in [0, 0.1) is 5.92 Å². The van der Waals surface area contributed by atoms with Gasteiger partial charge in [0.2, 0.25) is 0 Å². The van der Waals surface area contributed by atoms with E-state index in [1.54, 1.807) is 0 Å². The molecule has 0 aliphatic carbocycles. The summed E-state index contributed by atoms with van der Waals surface area (Å²) in [4.78, 5) is 0. The molecule has 0 fully saturated rings. The van der Waals surface area contributed by atoms with Crippen LogP contribution < -0.4 is 5.73 Å². The predicted octanol–water partition coefficient (Wildman–Crippen LogP) is 2.75. The third-order valence-electron chi connectivity index (χ3n) is 1.68. The number of hydrogen-bond donors (Lipinski definition) is 1. The highest BCUT2D eigenvalue weighted by atomic mass is 28.4. The quantitative estimate of drug-likeness (QED) is 0.720. The third kappa shape index (κ3) is 12.0. The molecule has 94 valence electrons. The zero-order valence-electron chi connectivity index (χ0n) is 11.3. The summed E-state index contributed by atoms with van der Waals surface area (Å²) in [5, 5.41) is 0. The molecule has 0 amide bonds. The Morgan fingerprint density at radius 1 is 1.07 bits per heavy atom. The molecule has 0 aliphatic heterocycles. The molecule has 0 unspecified atom stereocenters. The molecule has 0 atom stereocenters. The van der Waals surface area contributed by atoms with Gasteiger partial charge in [0.1, 0.15) is 0 Å². The van der Waals surface area contributed by atoms with E-state index in [4.69, 9.17) is 14.6 Å². The smallest absolute Gasteiger partial charge is 0.335 e. The minimum atomic E-state index is -1.81.